The van der Waals surface area contributed by atoms with E-state index in [0.29, 0.717) is 18.3 Å². The van der Waals surface area contributed by atoms with Crippen LogP contribution >= 0.6 is 0 Å². The SMILES string of the molecule is CCNC(=NCC1CCN(c2ccccc2OC)C1)Nc1ccc(OC)c(OCC)c1. The zero-order valence-electron chi connectivity index (χ0n) is 19.0. The van der Waals surface area contributed by atoms with E-state index in [4.69, 9.17) is 19.2 Å². The van der Waals surface area contributed by atoms with Crippen molar-refractivity contribution in [1.82, 2.24) is 5.32 Å². The molecule has 2 aromatic carbocycles. The normalized spacial score (nSPS) is 16.2. The van der Waals surface area contributed by atoms with E-state index in [1.54, 1.807) is 14.2 Å². The maximum atomic E-state index is 5.68. The van der Waals surface area contributed by atoms with Crippen LogP contribution in [0, 0.1) is 5.92 Å². The second kappa shape index (κ2) is 11.3. The van der Waals surface area contributed by atoms with Gasteiger partial charge < -0.3 is 29.7 Å². The Bertz CT molecular complexity index is 872. The van der Waals surface area contributed by atoms with Gasteiger partial charge in [-0.2, -0.15) is 0 Å². The Kier molecular flexibility index (Phi) is 8.27. The van der Waals surface area contributed by atoms with E-state index in [9.17, 15) is 0 Å². The number of para-hydroxylation sites is 2. The minimum Gasteiger partial charge on any atom is -0.495 e. The Labute approximate surface area is 185 Å². The summed E-state index contributed by atoms with van der Waals surface area (Å²) in [5, 5.41) is 6.71. The van der Waals surface area contributed by atoms with Crippen LogP contribution in [0.2, 0.25) is 0 Å². The highest BCUT2D eigenvalue weighted by Crippen LogP contribution is 2.32. The molecule has 0 aliphatic carbocycles. The van der Waals surface area contributed by atoms with Crippen molar-refractivity contribution in [2.45, 2.75) is 20.3 Å². The number of nitrogens with zero attached hydrogens (tertiary/aromatic N) is 2. The number of hydrogen-bond donors (Lipinski definition) is 2. The number of hydrogen-bond acceptors (Lipinski definition) is 5. The van der Waals surface area contributed by atoms with Gasteiger partial charge in [-0.3, -0.25) is 4.99 Å². The molecule has 31 heavy (non-hydrogen) atoms. The quantitative estimate of drug-likeness (QED) is 0.467. The number of rotatable bonds is 9. The highest BCUT2D eigenvalue weighted by atomic mass is 16.5. The van der Waals surface area contributed by atoms with Gasteiger partial charge in [-0.15, -0.1) is 0 Å². The van der Waals surface area contributed by atoms with E-state index < -0.39 is 0 Å². The molecule has 1 saturated heterocycles. The summed E-state index contributed by atoms with van der Waals surface area (Å²) in [6.45, 7) is 8.14. The predicted molar refractivity (Wildman–Crippen MR) is 127 cm³/mol. The fraction of sp³-hybridized carbons (Fsp3) is 0.458. The van der Waals surface area contributed by atoms with Crippen LogP contribution in [-0.4, -0.2) is 53.0 Å². The van der Waals surface area contributed by atoms with Crippen LogP contribution in [0.5, 0.6) is 17.2 Å². The van der Waals surface area contributed by atoms with Crippen LogP contribution in [0.4, 0.5) is 11.4 Å². The van der Waals surface area contributed by atoms with Crippen LogP contribution in [0.25, 0.3) is 0 Å². The summed E-state index contributed by atoms with van der Waals surface area (Å²) in [6.07, 6.45) is 1.11. The second-order valence-corrected chi connectivity index (χ2v) is 7.42. The van der Waals surface area contributed by atoms with Crippen molar-refractivity contribution in [3.63, 3.8) is 0 Å². The van der Waals surface area contributed by atoms with Crippen LogP contribution in [0.3, 0.4) is 0 Å². The molecule has 1 unspecified atom stereocenters. The molecule has 0 spiro atoms. The first kappa shape index (κ1) is 22.6. The number of benzene rings is 2. The molecule has 1 aliphatic rings. The standard InChI is InChI=1S/C24H34N4O3/c1-5-25-24(27-19-11-12-22(30-4)23(15-19)31-6-2)26-16-18-13-14-28(17-18)20-9-7-8-10-21(20)29-3/h7-12,15,18H,5-6,13-14,16-17H2,1-4H3,(H2,25,26,27). The molecule has 1 fully saturated rings. The Morgan fingerprint density at radius 1 is 1.06 bits per heavy atom. The lowest BCUT2D eigenvalue weighted by molar-refractivity contribution is 0.311. The molecule has 0 aromatic heterocycles. The fourth-order valence-corrected chi connectivity index (χ4v) is 3.78. The summed E-state index contributed by atoms with van der Waals surface area (Å²) >= 11 is 0. The molecule has 1 atom stereocenters. The Hall–Kier alpha value is -3.09. The molecule has 0 bridgehead atoms. The number of anilines is 2. The number of aliphatic imine (C=N–C) groups is 1. The number of nitrogens with one attached hydrogen (secondary N) is 2. The topological polar surface area (TPSA) is 67.4 Å². The minimum atomic E-state index is 0.496. The van der Waals surface area contributed by atoms with Crippen LogP contribution in [-0.2, 0) is 0 Å². The van der Waals surface area contributed by atoms with Gasteiger partial charge in [0, 0.05) is 37.9 Å². The highest BCUT2D eigenvalue weighted by Gasteiger charge is 2.24. The van der Waals surface area contributed by atoms with Gasteiger partial charge in [0.2, 0.25) is 0 Å². The van der Waals surface area contributed by atoms with Crippen molar-refractivity contribution in [2.75, 3.05) is 57.2 Å². The van der Waals surface area contributed by atoms with Gasteiger partial charge in [-0.1, -0.05) is 12.1 Å². The Morgan fingerprint density at radius 3 is 2.61 bits per heavy atom. The zero-order chi connectivity index (χ0) is 22.1. The predicted octanol–water partition coefficient (Wildman–Crippen LogP) is 4.01. The highest BCUT2D eigenvalue weighted by molar-refractivity contribution is 5.93. The average Bonchev–Trinajstić information content (AvgIpc) is 3.27. The molecule has 3 rings (SSSR count). The van der Waals surface area contributed by atoms with Gasteiger partial charge in [-0.05, 0) is 50.5 Å². The Balaban J connectivity index is 1.64. The molecule has 0 amide bonds. The molecule has 1 aliphatic heterocycles. The van der Waals surface area contributed by atoms with E-state index in [-0.39, 0.29) is 0 Å². The largest absolute Gasteiger partial charge is 0.495 e. The van der Waals surface area contributed by atoms with Crippen molar-refractivity contribution >= 4 is 17.3 Å². The van der Waals surface area contributed by atoms with Gasteiger partial charge >= 0.3 is 0 Å². The van der Waals surface area contributed by atoms with Crippen LogP contribution in [0.15, 0.2) is 47.5 Å². The summed E-state index contributed by atoms with van der Waals surface area (Å²) in [4.78, 5) is 7.23. The van der Waals surface area contributed by atoms with Gasteiger partial charge in [0.1, 0.15) is 5.75 Å². The lowest BCUT2D eigenvalue weighted by Crippen LogP contribution is -2.31. The van der Waals surface area contributed by atoms with Gasteiger partial charge in [0.05, 0.1) is 26.5 Å². The molecule has 7 heteroatoms. The third-order valence-corrected chi connectivity index (χ3v) is 5.29. The first-order valence-electron chi connectivity index (χ1n) is 10.9. The van der Waals surface area contributed by atoms with Crippen molar-refractivity contribution in [2.24, 2.45) is 10.9 Å². The van der Waals surface area contributed by atoms with Crippen LogP contribution in [0.1, 0.15) is 20.3 Å². The average molecular weight is 427 g/mol. The van der Waals surface area contributed by atoms with Gasteiger partial charge in [0.15, 0.2) is 17.5 Å². The van der Waals surface area contributed by atoms with E-state index in [1.165, 1.54) is 0 Å². The van der Waals surface area contributed by atoms with Gasteiger partial charge in [-0.25, -0.2) is 0 Å². The van der Waals surface area contributed by atoms with E-state index >= 15 is 0 Å². The molecule has 7 nitrogen and oxygen atoms in total. The van der Waals surface area contributed by atoms with E-state index in [0.717, 1.165) is 61.4 Å². The lowest BCUT2D eigenvalue weighted by Gasteiger charge is -2.21. The number of ether oxygens (including phenoxy) is 3. The zero-order valence-corrected chi connectivity index (χ0v) is 19.0. The fourth-order valence-electron chi connectivity index (χ4n) is 3.78. The van der Waals surface area contributed by atoms with Crippen LogP contribution < -0.4 is 29.7 Å². The third-order valence-electron chi connectivity index (χ3n) is 5.29. The molecule has 168 valence electrons. The van der Waals surface area contributed by atoms with Crippen molar-refractivity contribution < 1.29 is 14.2 Å². The maximum Gasteiger partial charge on any atom is 0.195 e. The molecular weight excluding hydrogens is 392 g/mol. The minimum absolute atomic E-state index is 0.496. The summed E-state index contributed by atoms with van der Waals surface area (Å²) in [7, 11) is 3.37. The molecule has 0 saturated carbocycles. The lowest BCUT2D eigenvalue weighted by atomic mass is 10.1. The van der Waals surface area contributed by atoms with Crippen molar-refractivity contribution in [1.29, 1.82) is 0 Å². The number of methoxy groups -OCH3 is 2. The monoisotopic (exact) mass is 426 g/mol. The molecule has 1 heterocycles. The number of guanidine groups is 1. The summed E-state index contributed by atoms with van der Waals surface area (Å²) < 4.78 is 16.6. The van der Waals surface area contributed by atoms with E-state index in [1.807, 2.05) is 37.3 Å². The summed E-state index contributed by atoms with van der Waals surface area (Å²) in [5.74, 6) is 3.62. The third kappa shape index (κ3) is 5.96. The van der Waals surface area contributed by atoms with Gasteiger partial charge in [0.25, 0.3) is 0 Å². The summed E-state index contributed by atoms with van der Waals surface area (Å²) in [5.41, 5.74) is 2.06. The first-order valence-corrected chi connectivity index (χ1v) is 10.9. The molecule has 0 radical (unpaired) electrons. The Morgan fingerprint density at radius 2 is 1.87 bits per heavy atom. The smallest absolute Gasteiger partial charge is 0.195 e. The van der Waals surface area contributed by atoms with E-state index in [2.05, 4.69) is 34.6 Å². The molecule has 2 N–H and O–H groups in total. The second-order valence-electron chi connectivity index (χ2n) is 7.42. The van der Waals surface area contributed by atoms with Crippen molar-refractivity contribution in [3.8, 4) is 17.2 Å². The van der Waals surface area contributed by atoms with Crippen molar-refractivity contribution in [3.05, 3.63) is 42.5 Å². The molecule has 2 aromatic rings. The molecular formula is C24H34N4O3. The first-order chi connectivity index (χ1) is 15.2. The summed E-state index contributed by atoms with van der Waals surface area (Å²) in [6, 6.07) is 14.0. The maximum absolute atomic E-state index is 5.68.